The van der Waals surface area contributed by atoms with E-state index in [0.717, 1.165) is 17.0 Å². The lowest BCUT2D eigenvalue weighted by atomic mass is 10.1. The molecule has 4 aromatic rings. The molecule has 0 unspecified atom stereocenters. The van der Waals surface area contributed by atoms with E-state index in [1.165, 1.54) is 6.07 Å². The minimum absolute atomic E-state index is 0.174. The summed E-state index contributed by atoms with van der Waals surface area (Å²) in [6.45, 7) is 0.639. The molecule has 0 aliphatic heterocycles. The second kappa shape index (κ2) is 5.64. The van der Waals surface area contributed by atoms with Crippen LogP contribution in [0.15, 0.2) is 61.3 Å². The molecule has 114 valence electrons. The van der Waals surface area contributed by atoms with Gasteiger partial charge in [0, 0.05) is 31.3 Å². The van der Waals surface area contributed by atoms with Crippen molar-refractivity contribution >= 4 is 5.65 Å². The molecule has 0 amide bonds. The van der Waals surface area contributed by atoms with Gasteiger partial charge in [-0.15, -0.1) is 0 Å². The van der Waals surface area contributed by atoms with Gasteiger partial charge >= 0.3 is 0 Å². The van der Waals surface area contributed by atoms with Crippen molar-refractivity contribution in [1.82, 2.24) is 24.1 Å². The summed E-state index contributed by atoms with van der Waals surface area (Å²) in [5, 5.41) is 4.29. The van der Waals surface area contributed by atoms with Crippen LogP contribution in [0.25, 0.3) is 17.0 Å². The summed E-state index contributed by atoms with van der Waals surface area (Å²) in [5.41, 5.74) is 2.32. The molecule has 0 bridgehead atoms. The first-order valence-corrected chi connectivity index (χ1v) is 7.36. The Balaban J connectivity index is 1.65. The number of benzene rings is 1. The summed E-state index contributed by atoms with van der Waals surface area (Å²) in [4.78, 5) is 8.78. The highest BCUT2D eigenvalue weighted by Crippen LogP contribution is 2.21. The van der Waals surface area contributed by atoms with E-state index in [2.05, 4.69) is 15.1 Å². The lowest BCUT2D eigenvalue weighted by Gasteiger charge is -2.07. The van der Waals surface area contributed by atoms with Gasteiger partial charge in [0.25, 0.3) is 0 Å². The van der Waals surface area contributed by atoms with E-state index >= 15 is 0 Å². The first-order valence-electron chi connectivity index (χ1n) is 7.36. The highest BCUT2D eigenvalue weighted by molar-refractivity contribution is 5.72. The second-order valence-corrected chi connectivity index (χ2v) is 5.23. The van der Waals surface area contributed by atoms with Crippen LogP contribution in [-0.4, -0.2) is 24.1 Å². The van der Waals surface area contributed by atoms with Gasteiger partial charge in [-0.1, -0.05) is 18.2 Å². The molecule has 3 aromatic heterocycles. The van der Waals surface area contributed by atoms with Crippen LogP contribution in [0.1, 0.15) is 5.56 Å². The third-order valence-corrected chi connectivity index (χ3v) is 3.82. The third-order valence-electron chi connectivity index (χ3n) is 3.82. The van der Waals surface area contributed by atoms with Crippen LogP contribution in [0.5, 0.6) is 0 Å². The zero-order valence-electron chi connectivity index (χ0n) is 12.3. The van der Waals surface area contributed by atoms with E-state index in [4.69, 9.17) is 0 Å². The van der Waals surface area contributed by atoms with Crippen molar-refractivity contribution < 1.29 is 4.39 Å². The van der Waals surface area contributed by atoms with Crippen molar-refractivity contribution in [2.45, 2.75) is 13.0 Å². The standard InChI is InChI=1S/C17H14FN5/c18-15-5-2-1-4-13(15)6-10-22-11-8-20-16(22)14-12-21-23-9-3-7-19-17(14)23/h1-5,7-9,11-12H,6,10H2. The van der Waals surface area contributed by atoms with Crippen LogP contribution in [0.3, 0.4) is 0 Å². The molecule has 5 nitrogen and oxygen atoms in total. The van der Waals surface area contributed by atoms with Crippen molar-refractivity contribution in [1.29, 1.82) is 0 Å². The van der Waals surface area contributed by atoms with Gasteiger partial charge in [0.1, 0.15) is 11.6 Å². The monoisotopic (exact) mass is 307 g/mol. The van der Waals surface area contributed by atoms with Crippen LogP contribution in [0.4, 0.5) is 4.39 Å². The molecule has 23 heavy (non-hydrogen) atoms. The molecule has 0 saturated carbocycles. The number of aromatic nitrogens is 5. The van der Waals surface area contributed by atoms with E-state index < -0.39 is 0 Å². The van der Waals surface area contributed by atoms with E-state index in [1.54, 1.807) is 29.2 Å². The van der Waals surface area contributed by atoms with Gasteiger partial charge in [-0.05, 0) is 24.1 Å². The van der Waals surface area contributed by atoms with Gasteiger partial charge in [0.2, 0.25) is 0 Å². The molecule has 1 aromatic carbocycles. The number of fused-ring (bicyclic) bond motifs is 1. The number of rotatable bonds is 4. The smallest absolute Gasteiger partial charge is 0.165 e. The number of aryl methyl sites for hydroxylation is 2. The van der Waals surface area contributed by atoms with Crippen molar-refractivity contribution in [2.75, 3.05) is 0 Å². The fourth-order valence-electron chi connectivity index (χ4n) is 2.66. The summed E-state index contributed by atoms with van der Waals surface area (Å²) in [7, 11) is 0. The van der Waals surface area contributed by atoms with Crippen molar-refractivity contribution in [3.05, 3.63) is 72.7 Å². The first kappa shape index (κ1) is 13.6. The molecule has 0 saturated heterocycles. The second-order valence-electron chi connectivity index (χ2n) is 5.23. The molecule has 0 aliphatic rings. The Morgan fingerprint density at radius 1 is 1.00 bits per heavy atom. The molecule has 6 heteroatoms. The summed E-state index contributed by atoms with van der Waals surface area (Å²) in [6.07, 6.45) is 9.56. The molecular formula is C17H14FN5. The molecule has 0 N–H and O–H groups in total. The summed E-state index contributed by atoms with van der Waals surface area (Å²) < 4.78 is 17.5. The highest BCUT2D eigenvalue weighted by atomic mass is 19.1. The Kier molecular flexibility index (Phi) is 3.34. The van der Waals surface area contributed by atoms with E-state index in [-0.39, 0.29) is 5.82 Å². The Bertz CT molecular complexity index is 956. The summed E-state index contributed by atoms with van der Waals surface area (Å²) in [6, 6.07) is 8.67. The zero-order chi connectivity index (χ0) is 15.6. The lowest BCUT2D eigenvalue weighted by molar-refractivity contribution is 0.594. The lowest BCUT2D eigenvalue weighted by Crippen LogP contribution is -2.04. The van der Waals surface area contributed by atoms with E-state index in [1.807, 2.05) is 35.2 Å². The molecule has 0 radical (unpaired) electrons. The number of hydrogen-bond acceptors (Lipinski definition) is 3. The maximum atomic E-state index is 13.8. The maximum absolute atomic E-state index is 13.8. The Morgan fingerprint density at radius 3 is 2.83 bits per heavy atom. The Labute approximate surface area is 132 Å². The van der Waals surface area contributed by atoms with Gasteiger partial charge in [-0.2, -0.15) is 5.10 Å². The molecule has 0 spiro atoms. The molecule has 3 heterocycles. The number of halogens is 1. The Hall–Kier alpha value is -3.02. The minimum Gasteiger partial charge on any atom is -0.330 e. The minimum atomic E-state index is -0.174. The number of imidazole rings is 1. The average Bonchev–Trinajstić information content (AvgIpc) is 3.20. The van der Waals surface area contributed by atoms with Crippen LogP contribution in [-0.2, 0) is 13.0 Å². The number of nitrogens with zero attached hydrogens (tertiary/aromatic N) is 5. The fraction of sp³-hybridized carbons (Fsp3) is 0.118. The first-order chi connectivity index (χ1) is 11.3. The van der Waals surface area contributed by atoms with Crippen molar-refractivity contribution in [3.8, 4) is 11.4 Å². The van der Waals surface area contributed by atoms with Crippen molar-refractivity contribution in [2.24, 2.45) is 0 Å². The molecule has 0 aliphatic carbocycles. The molecule has 0 atom stereocenters. The molecule has 0 fully saturated rings. The highest BCUT2D eigenvalue weighted by Gasteiger charge is 2.13. The quantitative estimate of drug-likeness (QED) is 0.582. The fourth-order valence-corrected chi connectivity index (χ4v) is 2.66. The predicted octanol–water partition coefficient (Wildman–Crippen LogP) is 2.97. The topological polar surface area (TPSA) is 48.0 Å². The molecule has 4 rings (SSSR count). The van der Waals surface area contributed by atoms with Gasteiger partial charge in [0.15, 0.2) is 5.65 Å². The van der Waals surface area contributed by atoms with Gasteiger partial charge in [-0.25, -0.2) is 18.9 Å². The third kappa shape index (κ3) is 2.48. The summed E-state index contributed by atoms with van der Waals surface area (Å²) >= 11 is 0. The summed E-state index contributed by atoms with van der Waals surface area (Å²) in [5.74, 6) is 0.613. The van der Waals surface area contributed by atoms with E-state index in [0.29, 0.717) is 18.5 Å². The van der Waals surface area contributed by atoms with Gasteiger partial charge in [0.05, 0.1) is 11.8 Å². The van der Waals surface area contributed by atoms with Gasteiger partial charge < -0.3 is 4.57 Å². The number of hydrogen-bond donors (Lipinski definition) is 0. The zero-order valence-corrected chi connectivity index (χ0v) is 12.3. The van der Waals surface area contributed by atoms with Crippen LogP contribution in [0.2, 0.25) is 0 Å². The van der Waals surface area contributed by atoms with Crippen molar-refractivity contribution in [3.63, 3.8) is 0 Å². The largest absolute Gasteiger partial charge is 0.330 e. The average molecular weight is 307 g/mol. The SMILES string of the molecule is Fc1ccccc1CCn1ccnc1-c1cnn2cccnc12. The maximum Gasteiger partial charge on any atom is 0.165 e. The van der Waals surface area contributed by atoms with Crippen LogP contribution in [0, 0.1) is 5.82 Å². The normalized spacial score (nSPS) is 11.2. The van der Waals surface area contributed by atoms with Crippen LogP contribution < -0.4 is 0 Å². The van der Waals surface area contributed by atoms with Crippen LogP contribution >= 0.6 is 0 Å². The predicted molar refractivity (Wildman–Crippen MR) is 84.3 cm³/mol. The van der Waals surface area contributed by atoms with E-state index in [9.17, 15) is 4.39 Å². The molecular weight excluding hydrogens is 293 g/mol. The Morgan fingerprint density at radius 2 is 1.91 bits per heavy atom. The van der Waals surface area contributed by atoms with Gasteiger partial charge in [-0.3, -0.25) is 0 Å².